The average molecular weight is 766 g/mol. The molecule has 0 saturated heterocycles. The molecule has 7 aromatic rings. The largest absolute Gasteiger partial charge is 0.483 e. The third kappa shape index (κ3) is 5.97. The molecular weight excluding hydrogens is 723 g/mol. The highest BCUT2D eigenvalue weighted by molar-refractivity contribution is 6.20. The van der Waals surface area contributed by atoms with Crippen molar-refractivity contribution < 1.29 is 4.74 Å². The quantitative estimate of drug-likeness (QED) is 0.123. The number of benzene rings is 5. The van der Waals surface area contributed by atoms with E-state index in [1.165, 1.54) is 49.4 Å². The van der Waals surface area contributed by atoms with Crippen molar-refractivity contribution in [3.05, 3.63) is 186 Å². The molecule has 11 rings (SSSR count). The van der Waals surface area contributed by atoms with Gasteiger partial charge in [-0.05, 0) is 80.0 Å². The number of allylic oxidation sites excluding steroid dienone is 6. The summed E-state index contributed by atoms with van der Waals surface area (Å²) in [5.41, 5.74) is 11.3. The molecule has 4 aliphatic rings. The highest BCUT2D eigenvalue weighted by Crippen LogP contribution is 2.48. The van der Waals surface area contributed by atoms with E-state index in [-0.39, 0.29) is 12.0 Å². The van der Waals surface area contributed by atoms with Crippen molar-refractivity contribution in [2.24, 2.45) is 20.9 Å². The molecule has 2 aromatic heterocycles. The summed E-state index contributed by atoms with van der Waals surface area (Å²) in [4.78, 5) is 14.5. The summed E-state index contributed by atoms with van der Waals surface area (Å²) >= 11 is 0. The topological polar surface area (TPSA) is 56.2 Å². The first-order valence-corrected chi connectivity index (χ1v) is 20.7. The Hall–Kier alpha value is -7.05. The van der Waals surface area contributed by atoms with Gasteiger partial charge in [-0.15, -0.1) is 0 Å². The van der Waals surface area contributed by atoms with Crippen molar-refractivity contribution in [2.75, 3.05) is 6.54 Å². The number of ether oxygens (including phenoxy) is 1. The van der Waals surface area contributed by atoms with Crippen molar-refractivity contribution in [1.82, 2.24) is 9.13 Å². The predicted octanol–water partition coefficient (Wildman–Crippen LogP) is 12.5. The van der Waals surface area contributed by atoms with Crippen LogP contribution in [0.3, 0.4) is 0 Å². The van der Waals surface area contributed by atoms with Gasteiger partial charge < -0.3 is 13.9 Å². The number of rotatable bonds is 6. The molecule has 1 aliphatic heterocycles. The van der Waals surface area contributed by atoms with E-state index in [2.05, 4.69) is 161 Å². The molecule has 286 valence electrons. The number of fused-ring (bicyclic) bond motifs is 9. The van der Waals surface area contributed by atoms with Crippen LogP contribution in [0.5, 0.6) is 5.75 Å². The van der Waals surface area contributed by atoms with Crippen LogP contribution in [0.15, 0.2) is 190 Å². The van der Waals surface area contributed by atoms with Crippen molar-refractivity contribution in [1.29, 1.82) is 0 Å². The normalized spacial score (nSPS) is 20.2. The molecular formula is C53H43N5O. The zero-order chi connectivity index (χ0) is 39.5. The Bertz CT molecular complexity index is 3120. The first-order valence-electron chi connectivity index (χ1n) is 20.7. The lowest BCUT2D eigenvalue weighted by Gasteiger charge is -2.19. The van der Waals surface area contributed by atoms with E-state index in [0.717, 1.165) is 52.9 Å². The van der Waals surface area contributed by atoms with Crippen LogP contribution in [0.1, 0.15) is 43.2 Å². The van der Waals surface area contributed by atoms with Gasteiger partial charge in [-0.25, -0.2) is 9.98 Å². The summed E-state index contributed by atoms with van der Waals surface area (Å²) in [6.07, 6.45) is 22.9. The fourth-order valence-corrected chi connectivity index (χ4v) is 9.34. The van der Waals surface area contributed by atoms with E-state index in [0.29, 0.717) is 24.1 Å². The van der Waals surface area contributed by atoms with E-state index in [1.807, 2.05) is 30.3 Å². The van der Waals surface area contributed by atoms with Crippen molar-refractivity contribution in [3.63, 3.8) is 0 Å². The fourth-order valence-electron chi connectivity index (χ4n) is 9.34. The maximum Gasteiger partial charge on any atom is 0.161 e. The zero-order valence-electron chi connectivity index (χ0n) is 33.0. The second kappa shape index (κ2) is 14.4. The van der Waals surface area contributed by atoms with Crippen LogP contribution in [-0.4, -0.2) is 40.2 Å². The van der Waals surface area contributed by atoms with Gasteiger partial charge in [0.05, 0.1) is 34.3 Å². The minimum atomic E-state index is -0.230. The lowest BCUT2D eigenvalue weighted by Crippen LogP contribution is -2.20. The molecule has 6 nitrogen and oxygen atoms in total. The number of hydrogen-bond donors (Lipinski definition) is 0. The van der Waals surface area contributed by atoms with Crippen LogP contribution >= 0.6 is 0 Å². The molecule has 5 aromatic carbocycles. The highest BCUT2D eigenvalue weighted by Gasteiger charge is 2.36. The van der Waals surface area contributed by atoms with Gasteiger partial charge in [0.25, 0.3) is 0 Å². The van der Waals surface area contributed by atoms with Crippen molar-refractivity contribution in [3.8, 4) is 11.4 Å². The Morgan fingerprint density at radius 3 is 2.27 bits per heavy atom. The third-order valence-electron chi connectivity index (χ3n) is 12.3. The summed E-state index contributed by atoms with van der Waals surface area (Å²) in [6, 6.07) is 38.9. The Labute approximate surface area is 343 Å². The molecule has 59 heavy (non-hydrogen) atoms. The Kier molecular flexibility index (Phi) is 8.58. The zero-order valence-corrected chi connectivity index (χ0v) is 33.0. The van der Waals surface area contributed by atoms with Gasteiger partial charge in [-0.1, -0.05) is 128 Å². The molecule has 3 atom stereocenters. The van der Waals surface area contributed by atoms with Gasteiger partial charge in [0.15, 0.2) is 11.7 Å². The Morgan fingerprint density at radius 2 is 1.53 bits per heavy atom. The van der Waals surface area contributed by atoms with E-state index in [4.69, 9.17) is 14.7 Å². The molecule has 0 N–H and O–H groups in total. The summed E-state index contributed by atoms with van der Waals surface area (Å²) in [5, 5.41) is 4.98. The van der Waals surface area contributed by atoms with Crippen LogP contribution in [0.2, 0.25) is 0 Å². The van der Waals surface area contributed by atoms with Crippen LogP contribution in [0, 0.1) is 5.92 Å². The molecule has 3 unspecified atom stereocenters. The average Bonchev–Trinajstić information content (AvgIpc) is 3.94. The molecule has 6 heteroatoms. The highest BCUT2D eigenvalue weighted by atomic mass is 16.5. The molecule has 0 saturated carbocycles. The summed E-state index contributed by atoms with van der Waals surface area (Å²) in [5.74, 6) is 2.64. The van der Waals surface area contributed by atoms with Gasteiger partial charge in [-0.3, -0.25) is 4.99 Å². The van der Waals surface area contributed by atoms with Crippen LogP contribution < -0.4 is 4.74 Å². The number of hydrogen-bond acceptors (Lipinski definition) is 2. The maximum atomic E-state index is 7.09. The van der Waals surface area contributed by atoms with Crippen molar-refractivity contribution >= 4 is 67.7 Å². The molecule has 0 bridgehead atoms. The number of para-hydroxylation sites is 3. The van der Waals surface area contributed by atoms with E-state index in [9.17, 15) is 0 Å². The van der Waals surface area contributed by atoms with Crippen LogP contribution in [0.25, 0.3) is 55.0 Å². The van der Waals surface area contributed by atoms with Gasteiger partial charge in [0.1, 0.15) is 11.9 Å². The van der Waals surface area contributed by atoms with Gasteiger partial charge >= 0.3 is 0 Å². The molecule has 0 fully saturated rings. The molecule has 3 heterocycles. The second-order valence-corrected chi connectivity index (χ2v) is 16.0. The molecule has 0 amide bonds. The van der Waals surface area contributed by atoms with E-state index in [1.54, 1.807) is 0 Å². The summed E-state index contributed by atoms with van der Waals surface area (Å²) in [7, 11) is 0. The SMILES string of the molecule is C=N/C(=N\C(=N/CC1=CCC(C)C=C1)C1=CC2Oc3c(cccc3-n3c4ccccc4c4cc5c6ccccc6n(C6=CC=CCC6)c5cc43)C2C=C1)c1ccccc1. The van der Waals surface area contributed by atoms with Crippen molar-refractivity contribution in [2.45, 2.75) is 38.2 Å². The monoisotopic (exact) mass is 765 g/mol. The lowest BCUT2D eigenvalue weighted by molar-refractivity contribution is 0.268. The fraction of sp³-hybridized carbons (Fsp3) is 0.151. The first kappa shape index (κ1) is 35.1. The van der Waals surface area contributed by atoms with Gasteiger partial charge in [0, 0.05) is 49.9 Å². The standard InChI is InChI=1S/C53H43N5O/c1-34-24-26-35(27-25-34)33-55-53(56-52(54-2)36-14-5-3-6-15-36)37-28-29-41-42-20-13-23-47(51(42)59-50(41)30-37)58-46-22-12-10-19-40(46)44-31-43-39-18-9-11-21-45(39)57(48(43)32-49(44)58)38-16-7-4-8-17-38/h3-7,9-16,18-24,26-32,34,41,50H,2,8,17,25,33H2,1H3/b55-53-,56-52-. The number of aliphatic imine (C=N–C) groups is 3. The molecule has 0 spiro atoms. The predicted molar refractivity (Wildman–Crippen MR) is 247 cm³/mol. The van der Waals surface area contributed by atoms with Crippen LogP contribution in [0.4, 0.5) is 0 Å². The number of nitrogens with zero attached hydrogens (tertiary/aromatic N) is 5. The summed E-state index contributed by atoms with van der Waals surface area (Å²) in [6.45, 7) is 6.64. The smallest absolute Gasteiger partial charge is 0.161 e. The number of amidine groups is 2. The number of aromatic nitrogens is 2. The third-order valence-corrected chi connectivity index (χ3v) is 12.3. The van der Waals surface area contributed by atoms with Crippen LogP contribution in [-0.2, 0) is 0 Å². The molecule has 0 radical (unpaired) electrons. The second-order valence-electron chi connectivity index (χ2n) is 16.0. The van der Waals surface area contributed by atoms with Gasteiger partial charge in [-0.2, -0.15) is 0 Å². The Balaban J connectivity index is 1.03. The summed E-state index contributed by atoms with van der Waals surface area (Å²) < 4.78 is 12.0. The van der Waals surface area contributed by atoms with E-state index >= 15 is 0 Å². The minimum absolute atomic E-state index is 0.0455. The Morgan fingerprint density at radius 1 is 0.763 bits per heavy atom. The molecule has 3 aliphatic carbocycles. The first-order chi connectivity index (χ1) is 29.1. The lowest BCUT2D eigenvalue weighted by atomic mass is 9.89. The minimum Gasteiger partial charge on any atom is -0.483 e. The van der Waals surface area contributed by atoms with E-state index < -0.39 is 0 Å². The van der Waals surface area contributed by atoms with Gasteiger partial charge in [0.2, 0.25) is 0 Å². The maximum absolute atomic E-state index is 7.09.